The van der Waals surface area contributed by atoms with Crippen LogP contribution in [0.15, 0.2) is 0 Å². The number of hydrogen-bond donors (Lipinski definition) is 1. The third-order valence-corrected chi connectivity index (χ3v) is 2.79. The summed E-state index contributed by atoms with van der Waals surface area (Å²) in [7, 11) is 0. The van der Waals surface area contributed by atoms with Crippen molar-refractivity contribution < 1.29 is 15.1 Å². The molecular formula is C10H21NO3. The van der Waals surface area contributed by atoms with Crippen LogP contribution in [0.5, 0.6) is 0 Å². The first kappa shape index (κ1) is 11.9. The summed E-state index contributed by atoms with van der Waals surface area (Å²) in [5.41, 5.74) is 0. The van der Waals surface area contributed by atoms with Gasteiger partial charge in [0.05, 0.1) is 0 Å². The van der Waals surface area contributed by atoms with Gasteiger partial charge in [-0.3, -0.25) is 0 Å². The Hall–Kier alpha value is -0.160. The third kappa shape index (κ3) is 3.20. The van der Waals surface area contributed by atoms with Gasteiger partial charge in [0.25, 0.3) is 0 Å². The SMILES string of the molecule is CCCC1CC(C)C(CC)O[NH+]([O-])O1. The van der Waals surface area contributed by atoms with Crippen molar-refractivity contribution in [3.63, 3.8) is 0 Å². The molecule has 1 N–H and O–H groups in total. The summed E-state index contributed by atoms with van der Waals surface area (Å²) in [5.74, 6) is 0.406. The molecule has 0 aromatic carbocycles. The van der Waals surface area contributed by atoms with Crippen molar-refractivity contribution in [1.82, 2.24) is 0 Å². The zero-order valence-corrected chi connectivity index (χ0v) is 9.29. The predicted octanol–water partition coefficient (Wildman–Crippen LogP) is 1.22. The van der Waals surface area contributed by atoms with Gasteiger partial charge in [0.1, 0.15) is 12.2 Å². The lowest BCUT2D eigenvalue weighted by atomic mass is 9.94. The Morgan fingerprint density at radius 3 is 2.64 bits per heavy atom. The minimum atomic E-state index is -0.486. The van der Waals surface area contributed by atoms with E-state index in [4.69, 9.17) is 9.68 Å². The van der Waals surface area contributed by atoms with E-state index in [-0.39, 0.29) is 12.2 Å². The van der Waals surface area contributed by atoms with Crippen molar-refractivity contribution in [3.8, 4) is 0 Å². The zero-order valence-electron chi connectivity index (χ0n) is 9.29. The lowest BCUT2D eigenvalue weighted by Crippen LogP contribution is -3.06. The van der Waals surface area contributed by atoms with Gasteiger partial charge in [-0.1, -0.05) is 32.6 Å². The molecule has 4 heteroatoms. The molecule has 84 valence electrons. The average molecular weight is 203 g/mol. The first-order valence-corrected chi connectivity index (χ1v) is 5.54. The number of quaternary nitrogens is 1. The molecule has 14 heavy (non-hydrogen) atoms. The zero-order chi connectivity index (χ0) is 10.6. The largest absolute Gasteiger partial charge is 0.566 e. The second kappa shape index (κ2) is 5.66. The number of hydrogen-bond acceptors (Lipinski definition) is 3. The molecule has 0 saturated carbocycles. The molecule has 4 unspecified atom stereocenters. The molecule has 0 radical (unpaired) electrons. The molecule has 1 heterocycles. The molecular weight excluding hydrogens is 182 g/mol. The van der Waals surface area contributed by atoms with Gasteiger partial charge in [-0.2, -0.15) is 9.68 Å². The van der Waals surface area contributed by atoms with E-state index in [9.17, 15) is 5.21 Å². The summed E-state index contributed by atoms with van der Waals surface area (Å²) in [6.07, 6.45) is 3.87. The van der Waals surface area contributed by atoms with Crippen LogP contribution < -0.4 is 5.39 Å². The minimum absolute atomic E-state index is 0.0318. The van der Waals surface area contributed by atoms with E-state index < -0.39 is 5.39 Å². The van der Waals surface area contributed by atoms with E-state index >= 15 is 0 Å². The fourth-order valence-electron chi connectivity index (χ4n) is 2.00. The van der Waals surface area contributed by atoms with Crippen molar-refractivity contribution in [2.45, 2.75) is 58.7 Å². The van der Waals surface area contributed by atoms with Gasteiger partial charge < -0.3 is 5.21 Å². The van der Waals surface area contributed by atoms with Gasteiger partial charge in [0, 0.05) is 0 Å². The molecule has 4 nitrogen and oxygen atoms in total. The van der Waals surface area contributed by atoms with Gasteiger partial charge in [-0.15, -0.1) is 0 Å². The molecule has 0 aromatic heterocycles. The Labute approximate surface area is 85.7 Å². The fourth-order valence-corrected chi connectivity index (χ4v) is 2.00. The van der Waals surface area contributed by atoms with E-state index in [1.807, 2.05) is 6.92 Å². The van der Waals surface area contributed by atoms with Gasteiger partial charge in [0.15, 0.2) is 0 Å². The van der Waals surface area contributed by atoms with Crippen molar-refractivity contribution in [3.05, 3.63) is 5.21 Å². The van der Waals surface area contributed by atoms with Crippen LogP contribution in [0.4, 0.5) is 0 Å². The van der Waals surface area contributed by atoms with Crippen LogP contribution >= 0.6 is 0 Å². The Kier molecular flexibility index (Phi) is 4.81. The van der Waals surface area contributed by atoms with Crippen LogP contribution in [0.1, 0.15) is 46.5 Å². The summed E-state index contributed by atoms with van der Waals surface area (Å²) in [5, 5.41) is 10.8. The quantitative estimate of drug-likeness (QED) is 0.701. The fraction of sp³-hybridized carbons (Fsp3) is 1.00. The minimum Gasteiger partial charge on any atom is -0.566 e. The van der Waals surface area contributed by atoms with Crippen LogP contribution in [0.2, 0.25) is 0 Å². The van der Waals surface area contributed by atoms with Crippen molar-refractivity contribution in [1.29, 1.82) is 0 Å². The van der Waals surface area contributed by atoms with E-state index in [1.165, 1.54) is 0 Å². The summed E-state index contributed by atoms with van der Waals surface area (Å²) in [4.78, 5) is 10.4. The highest BCUT2D eigenvalue weighted by Gasteiger charge is 2.30. The highest BCUT2D eigenvalue weighted by Crippen LogP contribution is 2.20. The van der Waals surface area contributed by atoms with E-state index in [0.717, 1.165) is 25.7 Å². The van der Waals surface area contributed by atoms with Crippen LogP contribution in [-0.2, 0) is 9.68 Å². The Balaban J connectivity index is 2.53. The monoisotopic (exact) mass is 203 g/mol. The highest BCUT2D eigenvalue weighted by atomic mass is 17.1. The van der Waals surface area contributed by atoms with E-state index in [1.54, 1.807) is 0 Å². The normalized spacial score (nSPS) is 39.4. The molecule has 0 aliphatic carbocycles. The van der Waals surface area contributed by atoms with Gasteiger partial charge >= 0.3 is 0 Å². The molecule has 0 spiro atoms. The maximum atomic E-state index is 11.2. The topological polar surface area (TPSA) is 46.0 Å². The summed E-state index contributed by atoms with van der Waals surface area (Å²) in [6.45, 7) is 6.26. The second-order valence-electron chi connectivity index (χ2n) is 4.06. The van der Waals surface area contributed by atoms with Crippen LogP contribution in [0.25, 0.3) is 0 Å². The lowest BCUT2D eigenvalue weighted by Gasteiger charge is -2.21. The maximum Gasteiger partial charge on any atom is 0.124 e. The highest BCUT2D eigenvalue weighted by molar-refractivity contribution is 4.69. The molecule has 1 rings (SSSR count). The van der Waals surface area contributed by atoms with Crippen molar-refractivity contribution in [2.75, 3.05) is 0 Å². The summed E-state index contributed by atoms with van der Waals surface area (Å²) >= 11 is 0. The lowest BCUT2D eigenvalue weighted by molar-refractivity contribution is -1.21. The van der Waals surface area contributed by atoms with Gasteiger partial charge in [0.2, 0.25) is 0 Å². The standard InChI is InChI=1S/C10H21NO3/c1-4-6-9-7-8(3)10(5-2)14-11(12)13-9/h8-11H,4-7H2,1-3H3. The Morgan fingerprint density at radius 2 is 2.07 bits per heavy atom. The second-order valence-corrected chi connectivity index (χ2v) is 4.06. The molecule has 1 fully saturated rings. The van der Waals surface area contributed by atoms with Crippen LogP contribution in [0, 0.1) is 11.1 Å². The first-order valence-electron chi connectivity index (χ1n) is 5.54. The molecule has 1 aliphatic rings. The van der Waals surface area contributed by atoms with Crippen LogP contribution in [0.3, 0.4) is 0 Å². The third-order valence-electron chi connectivity index (χ3n) is 2.79. The van der Waals surface area contributed by atoms with Crippen LogP contribution in [-0.4, -0.2) is 12.2 Å². The molecule has 0 amide bonds. The number of rotatable bonds is 3. The molecule has 1 aliphatic heterocycles. The summed E-state index contributed by atoms with van der Waals surface area (Å²) < 4.78 is 0. The molecule has 0 bridgehead atoms. The van der Waals surface area contributed by atoms with Gasteiger partial charge in [-0.25, -0.2) is 0 Å². The molecule has 4 atom stereocenters. The van der Waals surface area contributed by atoms with Crippen molar-refractivity contribution in [2.24, 2.45) is 5.92 Å². The smallest absolute Gasteiger partial charge is 0.124 e. The van der Waals surface area contributed by atoms with E-state index in [0.29, 0.717) is 5.92 Å². The number of nitrogens with one attached hydrogen (secondary N) is 1. The Bertz CT molecular complexity index is 165. The van der Waals surface area contributed by atoms with Crippen molar-refractivity contribution >= 4 is 0 Å². The predicted molar refractivity (Wildman–Crippen MR) is 53.1 cm³/mol. The van der Waals surface area contributed by atoms with Gasteiger partial charge in [-0.05, 0) is 25.2 Å². The summed E-state index contributed by atoms with van der Waals surface area (Å²) in [6, 6.07) is 0. The Morgan fingerprint density at radius 1 is 1.36 bits per heavy atom. The first-order chi connectivity index (χ1) is 6.67. The molecule has 1 saturated heterocycles. The average Bonchev–Trinajstić information content (AvgIpc) is 2.26. The van der Waals surface area contributed by atoms with E-state index in [2.05, 4.69) is 13.8 Å². The molecule has 0 aromatic rings. The maximum absolute atomic E-state index is 11.2.